The standard InChI is InChI=1S/C14H17N5O3/c1-9-11(18-8-22-9)14(20)19-5-6-21-10(7-19)12-13(15-2)17-4-3-16-12/h3-4,8,10H,5-7H2,1-2H3,(H,15,17)/t10-/m1/s1. The number of anilines is 1. The van der Waals surface area contributed by atoms with Crippen LogP contribution in [-0.4, -0.2) is 52.5 Å². The van der Waals surface area contributed by atoms with E-state index in [0.29, 0.717) is 42.7 Å². The Bertz CT molecular complexity index is 672. The Hall–Kier alpha value is -2.48. The molecular formula is C14H17N5O3. The van der Waals surface area contributed by atoms with Gasteiger partial charge >= 0.3 is 0 Å². The molecule has 1 atom stereocenters. The van der Waals surface area contributed by atoms with Crippen LogP contribution in [0, 0.1) is 6.92 Å². The Kier molecular flexibility index (Phi) is 4.01. The van der Waals surface area contributed by atoms with Gasteiger partial charge in [0.05, 0.1) is 13.2 Å². The lowest BCUT2D eigenvalue weighted by Gasteiger charge is -2.32. The van der Waals surface area contributed by atoms with Gasteiger partial charge in [0, 0.05) is 26.0 Å². The highest BCUT2D eigenvalue weighted by Crippen LogP contribution is 2.25. The average Bonchev–Trinajstić information content (AvgIpc) is 3.00. The Balaban J connectivity index is 1.80. The van der Waals surface area contributed by atoms with E-state index >= 15 is 0 Å². The molecule has 0 unspecified atom stereocenters. The molecule has 1 fully saturated rings. The van der Waals surface area contributed by atoms with E-state index in [1.807, 2.05) is 0 Å². The Labute approximate surface area is 127 Å². The van der Waals surface area contributed by atoms with Crippen LogP contribution in [0.25, 0.3) is 0 Å². The summed E-state index contributed by atoms with van der Waals surface area (Å²) in [6.07, 6.45) is 4.19. The molecule has 3 heterocycles. The van der Waals surface area contributed by atoms with Crippen LogP contribution >= 0.6 is 0 Å². The molecule has 1 aliphatic heterocycles. The molecule has 0 bridgehead atoms. The lowest BCUT2D eigenvalue weighted by molar-refractivity contribution is -0.0247. The summed E-state index contributed by atoms with van der Waals surface area (Å²) >= 11 is 0. The van der Waals surface area contributed by atoms with Gasteiger partial charge in [-0.1, -0.05) is 0 Å². The zero-order valence-corrected chi connectivity index (χ0v) is 12.4. The molecule has 0 aliphatic carbocycles. The van der Waals surface area contributed by atoms with Gasteiger partial charge in [0.15, 0.2) is 12.1 Å². The molecule has 3 rings (SSSR count). The van der Waals surface area contributed by atoms with E-state index in [0.717, 1.165) is 0 Å². The van der Waals surface area contributed by atoms with Crippen molar-refractivity contribution in [2.75, 3.05) is 32.1 Å². The van der Waals surface area contributed by atoms with Crippen LogP contribution in [-0.2, 0) is 4.74 Å². The first kappa shape index (κ1) is 14.5. The van der Waals surface area contributed by atoms with Gasteiger partial charge < -0.3 is 19.4 Å². The van der Waals surface area contributed by atoms with Crippen LogP contribution in [0.5, 0.6) is 0 Å². The smallest absolute Gasteiger partial charge is 0.276 e. The molecule has 8 nitrogen and oxygen atoms in total. The Morgan fingerprint density at radius 2 is 2.18 bits per heavy atom. The normalized spacial score (nSPS) is 18.3. The second kappa shape index (κ2) is 6.10. The summed E-state index contributed by atoms with van der Waals surface area (Å²) in [6, 6.07) is 0. The van der Waals surface area contributed by atoms with Crippen LogP contribution < -0.4 is 5.32 Å². The number of hydrogen-bond donors (Lipinski definition) is 1. The maximum atomic E-state index is 12.5. The van der Waals surface area contributed by atoms with Crippen LogP contribution in [0.1, 0.15) is 28.0 Å². The highest BCUT2D eigenvalue weighted by atomic mass is 16.5. The number of ether oxygens (including phenoxy) is 1. The molecule has 2 aromatic heterocycles. The predicted octanol–water partition coefficient (Wildman–Crippen LogP) is 1.03. The highest BCUT2D eigenvalue weighted by Gasteiger charge is 2.30. The van der Waals surface area contributed by atoms with Crippen molar-refractivity contribution in [3.63, 3.8) is 0 Å². The number of carbonyl (C=O) groups is 1. The molecular weight excluding hydrogens is 286 g/mol. The summed E-state index contributed by atoms with van der Waals surface area (Å²) in [5, 5.41) is 2.99. The van der Waals surface area contributed by atoms with Gasteiger partial charge in [-0.15, -0.1) is 0 Å². The number of aromatic nitrogens is 3. The molecule has 8 heteroatoms. The number of aryl methyl sites for hydroxylation is 1. The van der Waals surface area contributed by atoms with Gasteiger partial charge in [0.25, 0.3) is 5.91 Å². The van der Waals surface area contributed by atoms with Gasteiger partial charge in [0.1, 0.15) is 23.4 Å². The van der Waals surface area contributed by atoms with E-state index < -0.39 is 0 Å². The quantitative estimate of drug-likeness (QED) is 0.905. The summed E-state index contributed by atoms with van der Waals surface area (Å²) < 4.78 is 10.9. The first-order valence-corrected chi connectivity index (χ1v) is 7.00. The van der Waals surface area contributed by atoms with Crippen molar-refractivity contribution >= 4 is 11.7 Å². The third kappa shape index (κ3) is 2.64. The second-order valence-electron chi connectivity index (χ2n) is 4.91. The third-order valence-corrected chi connectivity index (χ3v) is 3.57. The van der Waals surface area contributed by atoms with Crippen molar-refractivity contribution < 1.29 is 13.9 Å². The number of amides is 1. The van der Waals surface area contributed by atoms with E-state index in [-0.39, 0.29) is 12.0 Å². The molecule has 22 heavy (non-hydrogen) atoms. The zero-order chi connectivity index (χ0) is 15.5. The van der Waals surface area contributed by atoms with Crippen molar-refractivity contribution in [1.29, 1.82) is 0 Å². The number of carbonyl (C=O) groups excluding carboxylic acids is 1. The van der Waals surface area contributed by atoms with Gasteiger partial charge in [0.2, 0.25) is 0 Å². The van der Waals surface area contributed by atoms with Crippen molar-refractivity contribution in [1.82, 2.24) is 19.9 Å². The molecule has 1 amide bonds. The first-order valence-electron chi connectivity index (χ1n) is 7.00. The molecule has 1 saturated heterocycles. The number of nitrogens with zero attached hydrogens (tertiary/aromatic N) is 4. The third-order valence-electron chi connectivity index (χ3n) is 3.57. The van der Waals surface area contributed by atoms with Crippen LogP contribution in [0.4, 0.5) is 5.82 Å². The lowest BCUT2D eigenvalue weighted by atomic mass is 10.2. The molecule has 0 radical (unpaired) electrons. The van der Waals surface area contributed by atoms with Gasteiger partial charge in [-0.25, -0.2) is 9.97 Å². The number of morpholine rings is 1. The number of nitrogens with one attached hydrogen (secondary N) is 1. The molecule has 116 valence electrons. The van der Waals surface area contributed by atoms with Crippen LogP contribution in [0.2, 0.25) is 0 Å². The summed E-state index contributed by atoms with van der Waals surface area (Å²) in [5.74, 6) is 1.01. The predicted molar refractivity (Wildman–Crippen MR) is 77.4 cm³/mol. The summed E-state index contributed by atoms with van der Waals surface area (Å²) in [6.45, 7) is 3.07. The van der Waals surface area contributed by atoms with E-state index in [2.05, 4.69) is 20.3 Å². The summed E-state index contributed by atoms with van der Waals surface area (Å²) in [5.41, 5.74) is 1.04. The fraction of sp³-hybridized carbons (Fsp3) is 0.429. The van der Waals surface area contributed by atoms with Crippen LogP contribution in [0.3, 0.4) is 0 Å². The van der Waals surface area contributed by atoms with Crippen LogP contribution in [0.15, 0.2) is 23.2 Å². The minimum absolute atomic E-state index is 0.158. The fourth-order valence-corrected chi connectivity index (χ4v) is 2.44. The molecule has 1 N–H and O–H groups in total. The average molecular weight is 303 g/mol. The fourth-order valence-electron chi connectivity index (χ4n) is 2.44. The molecule has 2 aromatic rings. The zero-order valence-electron chi connectivity index (χ0n) is 12.4. The van der Waals surface area contributed by atoms with E-state index in [9.17, 15) is 4.79 Å². The van der Waals surface area contributed by atoms with Crippen molar-refractivity contribution in [2.24, 2.45) is 0 Å². The first-order chi connectivity index (χ1) is 10.7. The monoisotopic (exact) mass is 303 g/mol. The van der Waals surface area contributed by atoms with E-state index in [1.165, 1.54) is 6.39 Å². The maximum absolute atomic E-state index is 12.5. The molecule has 0 saturated carbocycles. The summed E-state index contributed by atoms with van der Waals surface area (Å²) in [4.78, 5) is 26.7. The topological polar surface area (TPSA) is 93.4 Å². The number of oxazole rings is 1. The minimum Gasteiger partial charge on any atom is -0.448 e. The van der Waals surface area contributed by atoms with Crippen molar-refractivity contribution in [3.8, 4) is 0 Å². The van der Waals surface area contributed by atoms with E-state index in [4.69, 9.17) is 9.15 Å². The van der Waals surface area contributed by atoms with E-state index in [1.54, 1.807) is 31.3 Å². The SMILES string of the molecule is CNc1nccnc1[C@H]1CN(C(=O)c2ncoc2C)CCO1. The van der Waals surface area contributed by atoms with Gasteiger partial charge in [-0.3, -0.25) is 9.78 Å². The van der Waals surface area contributed by atoms with Crippen molar-refractivity contribution in [3.05, 3.63) is 35.9 Å². The lowest BCUT2D eigenvalue weighted by Crippen LogP contribution is -2.43. The number of hydrogen-bond acceptors (Lipinski definition) is 7. The molecule has 1 aliphatic rings. The van der Waals surface area contributed by atoms with Crippen molar-refractivity contribution in [2.45, 2.75) is 13.0 Å². The minimum atomic E-state index is -0.318. The summed E-state index contributed by atoms with van der Waals surface area (Å²) in [7, 11) is 1.78. The van der Waals surface area contributed by atoms with Gasteiger partial charge in [-0.2, -0.15) is 0 Å². The molecule has 0 spiro atoms. The Morgan fingerprint density at radius 3 is 2.91 bits per heavy atom. The maximum Gasteiger partial charge on any atom is 0.276 e. The second-order valence-corrected chi connectivity index (χ2v) is 4.91. The Morgan fingerprint density at radius 1 is 1.36 bits per heavy atom. The number of rotatable bonds is 3. The largest absolute Gasteiger partial charge is 0.448 e. The molecule has 0 aromatic carbocycles. The highest BCUT2D eigenvalue weighted by molar-refractivity contribution is 5.93. The van der Waals surface area contributed by atoms with Gasteiger partial charge in [-0.05, 0) is 6.92 Å².